The molecular weight excluding hydrogens is 248 g/mol. The van der Waals surface area contributed by atoms with E-state index in [1.165, 1.54) is 0 Å². The zero-order valence-electron chi connectivity index (χ0n) is 12.1. The van der Waals surface area contributed by atoms with Gasteiger partial charge in [-0.2, -0.15) is 0 Å². The molecule has 0 radical (unpaired) electrons. The Hall–Kier alpha value is -1.30. The second-order valence-corrected chi connectivity index (χ2v) is 6.30. The summed E-state index contributed by atoms with van der Waals surface area (Å²) in [5.41, 5.74) is -1.39. The summed E-state index contributed by atoms with van der Waals surface area (Å²) in [6.07, 6.45) is 0.168. The number of aliphatic carboxylic acids is 1. The summed E-state index contributed by atoms with van der Waals surface area (Å²) >= 11 is 0. The Bertz CT molecular complexity index is 345. The molecule has 0 aromatic carbocycles. The largest absolute Gasteiger partial charge is 0.481 e. The van der Waals surface area contributed by atoms with Crippen LogP contribution in [-0.2, 0) is 9.53 Å². The lowest BCUT2D eigenvalue weighted by Crippen LogP contribution is -2.54. The zero-order valence-corrected chi connectivity index (χ0v) is 12.1. The van der Waals surface area contributed by atoms with Crippen LogP contribution >= 0.6 is 0 Å². The predicted molar refractivity (Wildman–Crippen MR) is 71.0 cm³/mol. The number of rotatable bonds is 4. The number of hydrogen-bond acceptors (Lipinski definition) is 4. The van der Waals surface area contributed by atoms with E-state index in [0.29, 0.717) is 6.54 Å². The number of carboxylic acid groups (broad SMARTS) is 1. The maximum absolute atomic E-state index is 11.9. The van der Waals surface area contributed by atoms with Crippen LogP contribution in [0.4, 0.5) is 4.79 Å². The van der Waals surface area contributed by atoms with Crippen LogP contribution in [0.15, 0.2) is 0 Å². The summed E-state index contributed by atoms with van der Waals surface area (Å²) in [6, 6.07) is 0. The number of carboxylic acids is 1. The molecular formula is C13H24N2O4. The van der Waals surface area contributed by atoms with E-state index in [9.17, 15) is 9.59 Å². The molecule has 0 aromatic rings. The molecule has 0 spiro atoms. The summed E-state index contributed by atoms with van der Waals surface area (Å²) in [6.45, 7) is 8.65. The Morgan fingerprint density at radius 3 is 2.42 bits per heavy atom. The highest BCUT2D eigenvalue weighted by Gasteiger charge is 2.40. The third kappa shape index (κ3) is 5.06. The van der Waals surface area contributed by atoms with Crippen LogP contribution < -0.4 is 10.6 Å². The van der Waals surface area contributed by atoms with Crippen LogP contribution in [0.1, 0.15) is 40.5 Å². The first kappa shape index (κ1) is 15.8. The maximum Gasteiger partial charge on any atom is 0.408 e. The van der Waals surface area contributed by atoms with Crippen LogP contribution in [0.25, 0.3) is 0 Å². The monoisotopic (exact) mass is 272 g/mol. The van der Waals surface area contributed by atoms with Crippen molar-refractivity contribution in [2.75, 3.05) is 13.1 Å². The zero-order chi connectivity index (χ0) is 14.7. The van der Waals surface area contributed by atoms with Crippen molar-refractivity contribution >= 4 is 12.1 Å². The quantitative estimate of drug-likeness (QED) is 0.719. The molecule has 1 fully saturated rings. The molecule has 1 saturated heterocycles. The van der Waals surface area contributed by atoms with Crippen molar-refractivity contribution in [2.24, 2.45) is 5.92 Å². The fraction of sp³-hybridized carbons (Fsp3) is 0.846. The normalized spacial score (nSPS) is 22.6. The van der Waals surface area contributed by atoms with Gasteiger partial charge in [-0.05, 0) is 46.6 Å². The number of carbonyl (C=O) groups is 2. The third-order valence-electron chi connectivity index (χ3n) is 3.27. The second kappa shape index (κ2) is 5.77. The standard InChI is InChI=1S/C13H24N2O4/c1-12(2,3)19-11(18)15-13(4,7-10(16)17)9-5-6-14-8-9/h9,14H,5-8H2,1-4H3,(H,15,18)(H,16,17). The van der Waals surface area contributed by atoms with Crippen molar-refractivity contribution in [3.8, 4) is 0 Å². The average Bonchev–Trinajstić information content (AvgIpc) is 2.64. The maximum atomic E-state index is 11.9. The summed E-state index contributed by atoms with van der Waals surface area (Å²) in [4.78, 5) is 22.9. The van der Waals surface area contributed by atoms with Crippen molar-refractivity contribution in [1.29, 1.82) is 0 Å². The molecule has 0 bridgehead atoms. The van der Waals surface area contributed by atoms with E-state index >= 15 is 0 Å². The first-order valence-electron chi connectivity index (χ1n) is 6.56. The Labute approximate surface area is 113 Å². The molecule has 6 heteroatoms. The fourth-order valence-electron chi connectivity index (χ4n) is 2.34. The average molecular weight is 272 g/mol. The molecule has 19 heavy (non-hydrogen) atoms. The number of alkyl carbamates (subject to hydrolysis) is 1. The molecule has 1 amide bonds. The van der Waals surface area contributed by atoms with E-state index in [2.05, 4.69) is 10.6 Å². The number of ether oxygens (including phenoxy) is 1. The number of nitrogens with one attached hydrogen (secondary N) is 2. The molecule has 0 aromatic heterocycles. The summed E-state index contributed by atoms with van der Waals surface area (Å²) < 4.78 is 5.21. The number of amides is 1. The Kier molecular flexibility index (Phi) is 4.79. The van der Waals surface area contributed by atoms with E-state index < -0.39 is 23.2 Å². The molecule has 1 aliphatic heterocycles. The smallest absolute Gasteiger partial charge is 0.408 e. The molecule has 6 nitrogen and oxygen atoms in total. The highest BCUT2D eigenvalue weighted by molar-refractivity contribution is 5.73. The van der Waals surface area contributed by atoms with Crippen LogP contribution in [0.2, 0.25) is 0 Å². The van der Waals surface area contributed by atoms with Crippen molar-refractivity contribution in [2.45, 2.75) is 51.7 Å². The predicted octanol–water partition coefficient (Wildman–Crippen LogP) is 1.35. The van der Waals surface area contributed by atoms with Gasteiger partial charge in [0.2, 0.25) is 0 Å². The molecule has 1 aliphatic rings. The van der Waals surface area contributed by atoms with E-state index in [4.69, 9.17) is 9.84 Å². The Morgan fingerprint density at radius 1 is 1.37 bits per heavy atom. The molecule has 0 aliphatic carbocycles. The van der Waals surface area contributed by atoms with E-state index in [-0.39, 0.29) is 12.3 Å². The molecule has 1 heterocycles. The minimum atomic E-state index is -0.926. The first-order valence-corrected chi connectivity index (χ1v) is 6.56. The van der Waals surface area contributed by atoms with Gasteiger partial charge in [0.25, 0.3) is 0 Å². The van der Waals surface area contributed by atoms with Crippen LogP contribution in [0, 0.1) is 5.92 Å². The molecule has 1 rings (SSSR count). The topological polar surface area (TPSA) is 87.7 Å². The van der Waals surface area contributed by atoms with Crippen LogP contribution in [0.5, 0.6) is 0 Å². The van der Waals surface area contributed by atoms with Gasteiger partial charge in [-0.1, -0.05) is 0 Å². The van der Waals surface area contributed by atoms with Gasteiger partial charge in [0.1, 0.15) is 5.60 Å². The molecule has 2 atom stereocenters. The van der Waals surface area contributed by atoms with E-state index in [1.807, 2.05) is 0 Å². The molecule has 0 saturated carbocycles. The van der Waals surface area contributed by atoms with Crippen molar-refractivity contribution in [3.63, 3.8) is 0 Å². The lowest BCUT2D eigenvalue weighted by molar-refractivity contribution is -0.139. The second-order valence-electron chi connectivity index (χ2n) is 6.30. The molecule has 110 valence electrons. The van der Waals surface area contributed by atoms with Crippen molar-refractivity contribution in [3.05, 3.63) is 0 Å². The first-order chi connectivity index (χ1) is 8.62. The number of carbonyl (C=O) groups excluding carboxylic acids is 1. The fourth-order valence-corrected chi connectivity index (χ4v) is 2.34. The minimum absolute atomic E-state index is 0.0936. The van der Waals surface area contributed by atoms with E-state index in [1.54, 1.807) is 27.7 Å². The van der Waals surface area contributed by atoms with Gasteiger partial charge < -0.3 is 20.5 Å². The van der Waals surface area contributed by atoms with Crippen molar-refractivity contribution < 1.29 is 19.4 Å². The summed E-state index contributed by atoms with van der Waals surface area (Å²) in [5.74, 6) is -0.832. The minimum Gasteiger partial charge on any atom is -0.481 e. The lowest BCUT2D eigenvalue weighted by atomic mass is 9.82. The highest BCUT2D eigenvalue weighted by atomic mass is 16.6. The Balaban J connectivity index is 2.73. The van der Waals surface area contributed by atoms with Crippen LogP contribution in [-0.4, -0.2) is 41.4 Å². The van der Waals surface area contributed by atoms with Gasteiger partial charge in [-0.15, -0.1) is 0 Å². The highest BCUT2D eigenvalue weighted by Crippen LogP contribution is 2.27. The van der Waals surface area contributed by atoms with Gasteiger partial charge in [-0.3, -0.25) is 4.79 Å². The SMILES string of the molecule is CC(C)(C)OC(=O)NC(C)(CC(=O)O)C1CCNC1. The Morgan fingerprint density at radius 2 is 2.00 bits per heavy atom. The molecule has 2 unspecified atom stereocenters. The van der Waals surface area contributed by atoms with Crippen molar-refractivity contribution in [1.82, 2.24) is 10.6 Å². The summed E-state index contributed by atoms with van der Waals surface area (Å²) in [5, 5.41) is 15.0. The third-order valence-corrected chi connectivity index (χ3v) is 3.27. The van der Waals surface area contributed by atoms with Crippen LogP contribution in [0.3, 0.4) is 0 Å². The van der Waals surface area contributed by atoms with Gasteiger partial charge >= 0.3 is 12.1 Å². The summed E-state index contributed by atoms with van der Waals surface area (Å²) in [7, 11) is 0. The van der Waals surface area contributed by atoms with Gasteiger partial charge in [0.05, 0.1) is 12.0 Å². The lowest BCUT2D eigenvalue weighted by Gasteiger charge is -2.35. The van der Waals surface area contributed by atoms with Gasteiger partial charge in [0, 0.05) is 6.54 Å². The van der Waals surface area contributed by atoms with Gasteiger partial charge in [0.15, 0.2) is 0 Å². The van der Waals surface area contributed by atoms with E-state index in [0.717, 1.165) is 13.0 Å². The molecule has 3 N–H and O–H groups in total. The number of hydrogen-bond donors (Lipinski definition) is 3. The van der Waals surface area contributed by atoms with Gasteiger partial charge in [-0.25, -0.2) is 4.79 Å².